The summed E-state index contributed by atoms with van der Waals surface area (Å²) in [7, 11) is 0. The van der Waals surface area contributed by atoms with Gasteiger partial charge in [0.15, 0.2) is 0 Å². The Morgan fingerprint density at radius 2 is 2.31 bits per heavy atom. The maximum Gasteiger partial charge on any atom is 0.133 e. The lowest BCUT2D eigenvalue weighted by atomic mass is 10.00. The van der Waals surface area contributed by atoms with Crippen molar-refractivity contribution in [3.8, 4) is 0 Å². The fraction of sp³-hybridized carbons (Fsp3) is 0.400. The fourth-order valence-electron chi connectivity index (χ4n) is 1.73. The molecule has 1 fully saturated rings. The highest BCUT2D eigenvalue weighted by Crippen LogP contribution is 2.31. The Hall–Kier alpha value is -0.890. The molecule has 0 N–H and O–H groups in total. The fourth-order valence-corrected chi connectivity index (χ4v) is 1.84. The zero-order valence-electron chi connectivity index (χ0n) is 7.16. The van der Waals surface area contributed by atoms with Crippen LogP contribution in [0, 0.1) is 0 Å². The van der Waals surface area contributed by atoms with E-state index in [-0.39, 0.29) is 0 Å². The monoisotopic (exact) mass is 195 g/mol. The number of halogens is 1. The number of nitrogens with zero attached hydrogens (tertiary/aromatic N) is 1. The minimum Gasteiger partial charge on any atom is -0.300 e. The van der Waals surface area contributed by atoms with Gasteiger partial charge in [0.05, 0.1) is 0 Å². The van der Waals surface area contributed by atoms with Gasteiger partial charge in [0, 0.05) is 19.0 Å². The average Bonchev–Trinajstić information content (AvgIpc) is 2.53. The molecule has 1 atom stereocenters. The van der Waals surface area contributed by atoms with Gasteiger partial charge in [-0.05, 0) is 24.0 Å². The third kappa shape index (κ3) is 1.89. The van der Waals surface area contributed by atoms with Crippen LogP contribution in [0.15, 0.2) is 18.3 Å². The lowest BCUT2D eigenvalue weighted by Crippen LogP contribution is -1.94. The number of Topliss-reactive ketones (excluding diaryl/α,β-unsaturated/α-hetero) is 1. The average molecular weight is 196 g/mol. The second-order valence-corrected chi connectivity index (χ2v) is 3.78. The van der Waals surface area contributed by atoms with Gasteiger partial charge in [0.2, 0.25) is 0 Å². The second-order valence-electron chi connectivity index (χ2n) is 3.39. The third-order valence-corrected chi connectivity index (χ3v) is 2.69. The SMILES string of the molecule is O=C1CC[C@@H](c2ccc(Cl)nc2)C1. The number of pyridine rings is 1. The van der Waals surface area contributed by atoms with Gasteiger partial charge in [0.1, 0.15) is 10.9 Å². The van der Waals surface area contributed by atoms with Gasteiger partial charge in [-0.1, -0.05) is 17.7 Å². The Kier molecular flexibility index (Phi) is 2.32. The summed E-state index contributed by atoms with van der Waals surface area (Å²) in [5.41, 5.74) is 1.13. The molecule has 13 heavy (non-hydrogen) atoms. The molecule has 0 saturated heterocycles. The summed E-state index contributed by atoms with van der Waals surface area (Å²) in [6.07, 6.45) is 4.12. The van der Waals surface area contributed by atoms with E-state index in [1.807, 2.05) is 6.07 Å². The number of aromatic nitrogens is 1. The lowest BCUT2D eigenvalue weighted by Gasteiger charge is -2.06. The van der Waals surface area contributed by atoms with E-state index in [0.717, 1.165) is 12.0 Å². The molecule has 1 aromatic rings. The number of ketones is 1. The first-order chi connectivity index (χ1) is 6.25. The topological polar surface area (TPSA) is 30.0 Å². The van der Waals surface area contributed by atoms with Gasteiger partial charge in [-0.15, -0.1) is 0 Å². The quantitative estimate of drug-likeness (QED) is 0.645. The van der Waals surface area contributed by atoms with Gasteiger partial charge < -0.3 is 0 Å². The van der Waals surface area contributed by atoms with Crippen molar-refractivity contribution in [1.82, 2.24) is 4.98 Å². The number of carbonyl (C=O) groups is 1. The van der Waals surface area contributed by atoms with Crippen molar-refractivity contribution in [2.45, 2.75) is 25.2 Å². The molecule has 1 aliphatic rings. The summed E-state index contributed by atoms with van der Waals surface area (Å²) >= 11 is 5.67. The molecule has 1 saturated carbocycles. The smallest absolute Gasteiger partial charge is 0.133 e. The highest BCUT2D eigenvalue weighted by Gasteiger charge is 2.23. The first-order valence-electron chi connectivity index (χ1n) is 4.39. The van der Waals surface area contributed by atoms with Crippen LogP contribution in [0.25, 0.3) is 0 Å². The van der Waals surface area contributed by atoms with E-state index >= 15 is 0 Å². The number of hydrogen-bond acceptors (Lipinski definition) is 2. The summed E-state index contributed by atoms with van der Waals surface area (Å²) in [6.45, 7) is 0. The largest absolute Gasteiger partial charge is 0.300 e. The summed E-state index contributed by atoms with van der Waals surface area (Å²) in [5, 5.41) is 0.507. The van der Waals surface area contributed by atoms with Crippen LogP contribution in [0.4, 0.5) is 0 Å². The van der Waals surface area contributed by atoms with E-state index in [2.05, 4.69) is 4.98 Å². The second kappa shape index (κ2) is 3.46. The van der Waals surface area contributed by atoms with Crippen molar-refractivity contribution in [1.29, 1.82) is 0 Å². The van der Waals surface area contributed by atoms with Crippen LogP contribution in [0.3, 0.4) is 0 Å². The van der Waals surface area contributed by atoms with Gasteiger partial charge in [-0.2, -0.15) is 0 Å². The minimum absolute atomic E-state index is 0.361. The molecule has 2 rings (SSSR count). The molecule has 1 heterocycles. The molecule has 0 unspecified atom stereocenters. The molecule has 0 aromatic carbocycles. The van der Waals surface area contributed by atoms with E-state index < -0.39 is 0 Å². The van der Waals surface area contributed by atoms with E-state index in [9.17, 15) is 4.79 Å². The van der Waals surface area contributed by atoms with Gasteiger partial charge in [-0.25, -0.2) is 4.98 Å². The van der Waals surface area contributed by atoms with Crippen LogP contribution < -0.4 is 0 Å². The Labute approximate surface area is 81.9 Å². The number of carbonyl (C=O) groups excluding carboxylic acids is 1. The molecule has 0 aliphatic heterocycles. The Morgan fingerprint density at radius 1 is 1.46 bits per heavy atom. The summed E-state index contributed by atoms with van der Waals surface area (Å²) in [4.78, 5) is 15.1. The van der Waals surface area contributed by atoms with E-state index in [0.29, 0.717) is 29.7 Å². The van der Waals surface area contributed by atoms with Crippen molar-refractivity contribution < 1.29 is 4.79 Å². The van der Waals surface area contributed by atoms with Crippen LogP contribution in [0.5, 0.6) is 0 Å². The van der Waals surface area contributed by atoms with Crippen molar-refractivity contribution >= 4 is 17.4 Å². The van der Waals surface area contributed by atoms with Gasteiger partial charge in [0.25, 0.3) is 0 Å². The van der Waals surface area contributed by atoms with Crippen molar-refractivity contribution in [3.05, 3.63) is 29.0 Å². The van der Waals surface area contributed by atoms with Crippen LogP contribution >= 0.6 is 11.6 Å². The molecular formula is C10H10ClNO. The first-order valence-corrected chi connectivity index (χ1v) is 4.76. The van der Waals surface area contributed by atoms with Crippen LogP contribution in [-0.2, 0) is 4.79 Å². The molecule has 2 nitrogen and oxygen atoms in total. The summed E-state index contributed by atoms with van der Waals surface area (Å²) in [5.74, 6) is 0.734. The predicted octanol–water partition coefficient (Wildman–Crippen LogP) is 2.57. The zero-order valence-corrected chi connectivity index (χ0v) is 7.92. The van der Waals surface area contributed by atoms with E-state index in [1.54, 1.807) is 12.3 Å². The maximum atomic E-state index is 11.0. The number of hydrogen-bond donors (Lipinski definition) is 0. The standard InChI is InChI=1S/C10H10ClNO/c11-10-4-2-8(6-12-10)7-1-3-9(13)5-7/h2,4,6-7H,1,3,5H2/t7-/m1/s1. The highest BCUT2D eigenvalue weighted by atomic mass is 35.5. The molecule has 0 amide bonds. The van der Waals surface area contributed by atoms with E-state index in [1.165, 1.54) is 0 Å². The van der Waals surface area contributed by atoms with Crippen LogP contribution in [0.1, 0.15) is 30.7 Å². The first kappa shape index (κ1) is 8.70. The van der Waals surface area contributed by atoms with Crippen LogP contribution in [-0.4, -0.2) is 10.8 Å². The molecule has 1 aromatic heterocycles. The summed E-state index contributed by atoms with van der Waals surface area (Å²) < 4.78 is 0. The molecule has 1 aliphatic carbocycles. The Bertz CT molecular complexity index is 320. The zero-order chi connectivity index (χ0) is 9.26. The highest BCUT2D eigenvalue weighted by molar-refractivity contribution is 6.29. The molecular weight excluding hydrogens is 186 g/mol. The maximum absolute atomic E-state index is 11.0. The Balaban J connectivity index is 2.17. The van der Waals surface area contributed by atoms with Crippen molar-refractivity contribution in [2.75, 3.05) is 0 Å². The molecule has 68 valence electrons. The normalized spacial score (nSPS) is 22.2. The molecule has 0 radical (unpaired) electrons. The molecule has 3 heteroatoms. The van der Waals surface area contributed by atoms with Crippen molar-refractivity contribution in [2.24, 2.45) is 0 Å². The lowest BCUT2D eigenvalue weighted by molar-refractivity contribution is -0.117. The molecule has 0 spiro atoms. The summed E-state index contributed by atoms with van der Waals surface area (Å²) in [6, 6.07) is 3.73. The molecule has 0 bridgehead atoms. The van der Waals surface area contributed by atoms with Gasteiger partial charge >= 0.3 is 0 Å². The number of rotatable bonds is 1. The van der Waals surface area contributed by atoms with E-state index in [4.69, 9.17) is 11.6 Å². The van der Waals surface area contributed by atoms with Crippen molar-refractivity contribution in [3.63, 3.8) is 0 Å². The minimum atomic E-state index is 0.361. The Morgan fingerprint density at radius 3 is 2.85 bits per heavy atom. The van der Waals surface area contributed by atoms with Crippen LogP contribution in [0.2, 0.25) is 5.15 Å². The van der Waals surface area contributed by atoms with Gasteiger partial charge in [-0.3, -0.25) is 4.79 Å². The predicted molar refractivity (Wildman–Crippen MR) is 50.8 cm³/mol. The third-order valence-electron chi connectivity index (χ3n) is 2.47.